The van der Waals surface area contributed by atoms with Gasteiger partial charge in [0.05, 0.1) is 14.2 Å². The van der Waals surface area contributed by atoms with Gasteiger partial charge in [0.15, 0.2) is 23.4 Å². The zero-order valence-corrected chi connectivity index (χ0v) is 19.5. The van der Waals surface area contributed by atoms with Crippen LogP contribution in [0.1, 0.15) is 55.7 Å². The highest BCUT2D eigenvalue weighted by Gasteiger charge is 2.63. The van der Waals surface area contributed by atoms with E-state index < -0.39 is 6.10 Å². The molecule has 0 amide bonds. The zero-order valence-electron chi connectivity index (χ0n) is 19.5. The molecule has 2 saturated carbocycles. The van der Waals surface area contributed by atoms with Crippen molar-refractivity contribution in [3.63, 3.8) is 0 Å². The number of benzene rings is 1. The van der Waals surface area contributed by atoms with Crippen molar-refractivity contribution in [2.45, 2.75) is 63.0 Å². The van der Waals surface area contributed by atoms with E-state index in [1.165, 1.54) is 31.6 Å². The number of methoxy groups -OCH3 is 2. The average Bonchev–Trinajstić information content (AvgIpc) is 3.54. The van der Waals surface area contributed by atoms with Crippen LogP contribution in [0.15, 0.2) is 12.1 Å². The Hall–Kier alpha value is -2.34. The van der Waals surface area contributed by atoms with Gasteiger partial charge in [0, 0.05) is 36.1 Å². The number of hydrogen-bond donors (Lipinski definition) is 0. The van der Waals surface area contributed by atoms with Crippen molar-refractivity contribution in [2.24, 2.45) is 11.8 Å². The van der Waals surface area contributed by atoms with E-state index >= 15 is 0 Å². The summed E-state index contributed by atoms with van der Waals surface area (Å²) in [6.07, 6.45) is 8.66. The van der Waals surface area contributed by atoms with E-state index in [0.717, 1.165) is 48.6 Å². The lowest BCUT2D eigenvalue weighted by molar-refractivity contribution is -0.135. The number of likely N-dealkylation sites (N-methyl/N-ethyl adjacent to an activating group) is 1. The van der Waals surface area contributed by atoms with Crippen molar-refractivity contribution in [3.8, 4) is 11.5 Å². The highest BCUT2D eigenvalue weighted by atomic mass is 16.5. The van der Waals surface area contributed by atoms with E-state index in [1.54, 1.807) is 7.11 Å². The Morgan fingerprint density at radius 1 is 1.31 bits per heavy atom. The fraction of sp³-hybridized carbons (Fsp3) is 0.615. The number of ketones is 1. The number of carbonyl (C=O) groups excluding carboxylic acids is 2. The van der Waals surface area contributed by atoms with Crippen LogP contribution in [0.2, 0.25) is 0 Å². The predicted molar refractivity (Wildman–Crippen MR) is 121 cm³/mol. The quantitative estimate of drug-likeness (QED) is 0.478. The summed E-state index contributed by atoms with van der Waals surface area (Å²) in [5, 5.41) is 0. The largest absolute Gasteiger partial charge is 0.493 e. The Bertz CT molecular complexity index is 981. The lowest BCUT2D eigenvalue weighted by Gasteiger charge is -2.53. The van der Waals surface area contributed by atoms with E-state index in [-0.39, 0.29) is 17.2 Å². The molecular formula is C26H33NO5. The second-order valence-electron chi connectivity index (χ2n) is 9.86. The number of hydrogen-bond acceptors (Lipinski definition) is 6. The minimum atomic E-state index is -0.453. The fourth-order valence-corrected chi connectivity index (χ4v) is 6.64. The molecule has 6 heteroatoms. The molecule has 0 N–H and O–H groups in total. The first-order chi connectivity index (χ1) is 15.4. The molecule has 1 heterocycles. The molecule has 1 aromatic rings. The maximum Gasteiger partial charge on any atom is 0.330 e. The number of ether oxygens (including phenoxy) is 3. The number of rotatable bonds is 7. The van der Waals surface area contributed by atoms with Gasteiger partial charge in [-0.2, -0.15) is 0 Å². The second kappa shape index (κ2) is 7.91. The summed E-state index contributed by atoms with van der Waals surface area (Å²) < 4.78 is 17.0. The monoisotopic (exact) mass is 439 g/mol. The molecule has 0 radical (unpaired) electrons. The van der Waals surface area contributed by atoms with Crippen LogP contribution < -0.4 is 9.47 Å². The van der Waals surface area contributed by atoms with Crippen LogP contribution in [0.3, 0.4) is 0 Å². The predicted octanol–water partition coefficient (Wildman–Crippen LogP) is 3.54. The summed E-state index contributed by atoms with van der Waals surface area (Å²) >= 11 is 0. The first-order valence-electron chi connectivity index (χ1n) is 11.8. The van der Waals surface area contributed by atoms with Crippen molar-refractivity contribution in [1.82, 2.24) is 4.90 Å². The minimum Gasteiger partial charge on any atom is -0.493 e. The summed E-state index contributed by atoms with van der Waals surface area (Å²) in [5.74, 6) is 2.33. The molecule has 3 aliphatic carbocycles. The first kappa shape index (κ1) is 21.5. The highest BCUT2D eigenvalue weighted by molar-refractivity contribution is 5.91. The van der Waals surface area contributed by atoms with Crippen LogP contribution in [0.5, 0.6) is 11.5 Å². The van der Waals surface area contributed by atoms with Crippen molar-refractivity contribution >= 4 is 17.8 Å². The molecule has 2 fully saturated rings. The molecule has 4 aliphatic rings. The van der Waals surface area contributed by atoms with Gasteiger partial charge in [-0.05, 0) is 74.3 Å². The summed E-state index contributed by atoms with van der Waals surface area (Å²) in [7, 11) is 5.25. The van der Waals surface area contributed by atoms with Gasteiger partial charge >= 0.3 is 5.97 Å². The highest BCUT2D eigenvalue weighted by Crippen LogP contribution is 2.62. The summed E-state index contributed by atoms with van der Waals surface area (Å²) in [6.45, 7) is 3.29. The molecule has 1 aliphatic heterocycles. The third-order valence-corrected chi connectivity index (χ3v) is 8.30. The molecule has 0 aromatic heterocycles. The molecule has 5 rings (SSSR count). The van der Waals surface area contributed by atoms with Crippen LogP contribution in [0.25, 0.3) is 6.08 Å². The normalized spacial score (nSPS) is 30.4. The molecule has 172 valence electrons. The number of carbonyl (C=O) groups is 2. The second-order valence-corrected chi connectivity index (χ2v) is 9.86. The molecule has 0 bridgehead atoms. The van der Waals surface area contributed by atoms with Crippen LogP contribution in [-0.4, -0.2) is 56.6 Å². The third kappa shape index (κ3) is 3.10. The van der Waals surface area contributed by atoms with Crippen LogP contribution in [0, 0.1) is 11.8 Å². The Balaban J connectivity index is 1.70. The fourth-order valence-electron chi connectivity index (χ4n) is 6.64. The van der Waals surface area contributed by atoms with Gasteiger partial charge in [-0.15, -0.1) is 0 Å². The van der Waals surface area contributed by atoms with Crippen molar-refractivity contribution in [3.05, 3.63) is 28.8 Å². The molecule has 6 nitrogen and oxygen atoms in total. The van der Waals surface area contributed by atoms with Crippen molar-refractivity contribution < 1.29 is 23.8 Å². The molecule has 0 saturated heterocycles. The van der Waals surface area contributed by atoms with Gasteiger partial charge in [-0.1, -0.05) is 6.92 Å². The minimum absolute atomic E-state index is 0.199. The van der Waals surface area contributed by atoms with E-state index in [9.17, 15) is 9.59 Å². The molecular weight excluding hydrogens is 406 g/mol. The zero-order chi connectivity index (χ0) is 22.6. The standard InChI is InChI=1S/C26H33NO5/c1-5-26-18-9-10-20(28)25(26)32-24-21(30-3)12-16(8-11-22(29)31-4)17(23(24)26)13-19(18)27(2)14-15-6-7-15/h8,11-12,15,18-19,25H,5-7,9-10,13-14H2,1-4H3/b11-8+/t18?,19?,25-,26-/m1/s1. The molecule has 4 atom stereocenters. The average molecular weight is 440 g/mol. The number of nitrogens with zero attached hydrogens (tertiary/aromatic N) is 1. The van der Waals surface area contributed by atoms with E-state index in [2.05, 4.69) is 18.9 Å². The van der Waals surface area contributed by atoms with Gasteiger partial charge < -0.3 is 19.1 Å². The Kier molecular flexibility index (Phi) is 5.31. The van der Waals surface area contributed by atoms with Crippen molar-refractivity contribution in [1.29, 1.82) is 0 Å². The van der Waals surface area contributed by atoms with E-state index in [1.807, 2.05) is 12.1 Å². The first-order valence-corrected chi connectivity index (χ1v) is 11.8. The number of Topliss-reactive ketones (excluding diaryl/α,β-unsaturated/α-hetero) is 1. The number of esters is 1. The maximum atomic E-state index is 13.1. The molecule has 0 spiro atoms. The van der Waals surface area contributed by atoms with Gasteiger partial charge in [-0.3, -0.25) is 4.79 Å². The van der Waals surface area contributed by atoms with Gasteiger partial charge in [0.2, 0.25) is 0 Å². The van der Waals surface area contributed by atoms with Crippen molar-refractivity contribution in [2.75, 3.05) is 27.8 Å². The summed E-state index contributed by atoms with van der Waals surface area (Å²) in [4.78, 5) is 27.5. The smallest absolute Gasteiger partial charge is 0.330 e. The lowest BCUT2D eigenvalue weighted by Crippen LogP contribution is -2.61. The Labute approximate surface area is 189 Å². The van der Waals surface area contributed by atoms with Crippen LogP contribution in [0.4, 0.5) is 0 Å². The van der Waals surface area contributed by atoms with Gasteiger partial charge in [0.1, 0.15) is 0 Å². The molecule has 2 unspecified atom stereocenters. The van der Waals surface area contributed by atoms with Gasteiger partial charge in [-0.25, -0.2) is 4.79 Å². The van der Waals surface area contributed by atoms with E-state index in [0.29, 0.717) is 24.1 Å². The third-order valence-electron chi connectivity index (χ3n) is 8.30. The van der Waals surface area contributed by atoms with Crippen LogP contribution in [-0.2, 0) is 26.2 Å². The maximum absolute atomic E-state index is 13.1. The van der Waals surface area contributed by atoms with Crippen LogP contribution >= 0.6 is 0 Å². The lowest BCUT2D eigenvalue weighted by atomic mass is 9.53. The van der Waals surface area contributed by atoms with E-state index in [4.69, 9.17) is 14.2 Å². The molecule has 1 aromatic carbocycles. The summed E-state index contributed by atoms with van der Waals surface area (Å²) in [5.41, 5.74) is 2.93. The topological polar surface area (TPSA) is 65.1 Å². The SMILES string of the molecule is CC[C@@]12c3c4c(/C=C/C(=O)OC)cc(OC)c3O[C@@H]1C(=O)CCC2C(N(C)CC1CC1)C4. The Morgan fingerprint density at radius 3 is 2.75 bits per heavy atom. The van der Waals surface area contributed by atoms with Gasteiger partial charge in [0.25, 0.3) is 0 Å². The summed E-state index contributed by atoms with van der Waals surface area (Å²) in [6, 6.07) is 2.28. The molecule has 32 heavy (non-hydrogen) atoms. The Morgan fingerprint density at radius 2 is 2.09 bits per heavy atom.